The molecule has 1 saturated heterocycles. The first-order chi connectivity index (χ1) is 15.5. The van der Waals surface area contributed by atoms with Gasteiger partial charge < -0.3 is 24.7 Å². The molecule has 1 aromatic heterocycles. The number of likely N-dealkylation sites (N-methyl/N-ethyl adjacent to an activating group) is 1. The zero-order valence-electron chi connectivity index (χ0n) is 19.5. The van der Waals surface area contributed by atoms with Crippen molar-refractivity contribution in [2.24, 2.45) is 0 Å². The van der Waals surface area contributed by atoms with E-state index in [-0.39, 0.29) is 5.91 Å². The number of hydrogen-bond donors (Lipinski definition) is 2. The van der Waals surface area contributed by atoms with Crippen LogP contribution in [0.5, 0.6) is 11.5 Å². The van der Waals surface area contributed by atoms with Gasteiger partial charge in [0, 0.05) is 35.2 Å². The number of nitrogens with zero attached hydrogens (tertiary/aromatic N) is 1. The molecule has 2 N–H and O–H groups in total. The van der Waals surface area contributed by atoms with Crippen LogP contribution in [0.3, 0.4) is 0 Å². The molecule has 6 heteroatoms. The number of aromatic amines is 1. The molecule has 6 nitrogen and oxygen atoms in total. The molecule has 0 spiro atoms. The predicted molar refractivity (Wildman–Crippen MR) is 129 cm³/mol. The zero-order chi connectivity index (χ0) is 22.7. The number of carbonyl (C=O) groups excluding carboxylic acids is 1. The number of fused-ring (bicyclic) bond motifs is 1. The summed E-state index contributed by atoms with van der Waals surface area (Å²) in [4.78, 5) is 17.9. The molecule has 0 bridgehead atoms. The van der Waals surface area contributed by atoms with Gasteiger partial charge in [-0.2, -0.15) is 0 Å². The highest BCUT2D eigenvalue weighted by molar-refractivity contribution is 5.91. The number of aromatic nitrogens is 1. The lowest BCUT2D eigenvalue weighted by Crippen LogP contribution is -2.42. The first-order valence-corrected chi connectivity index (χ1v) is 11.4. The lowest BCUT2D eigenvalue weighted by Gasteiger charge is -2.32. The van der Waals surface area contributed by atoms with E-state index < -0.39 is 0 Å². The zero-order valence-corrected chi connectivity index (χ0v) is 19.5. The van der Waals surface area contributed by atoms with Gasteiger partial charge in [0.2, 0.25) is 5.91 Å². The van der Waals surface area contributed by atoms with Crippen LogP contribution in [-0.2, 0) is 4.79 Å². The molecule has 0 saturated carbocycles. The Morgan fingerprint density at radius 1 is 1.09 bits per heavy atom. The Kier molecular flexibility index (Phi) is 6.70. The Morgan fingerprint density at radius 3 is 2.53 bits per heavy atom. The number of H-pyrrole nitrogens is 1. The van der Waals surface area contributed by atoms with Crippen LogP contribution < -0.4 is 14.8 Å². The summed E-state index contributed by atoms with van der Waals surface area (Å²) in [6.45, 7) is 7.11. The normalized spacial score (nSPS) is 14.7. The second kappa shape index (κ2) is 9.65. The molecule has 1 aliphatic rings. The van der Waals surface area contributed by atoms with Crippen LogP contribution in [0, 0.1) is 6.92 Å². The number of benzene rings is 2. The lowest BCUT2D eigenvalue weighted by molar-refractivity contribution is -0.131. The summed E-state index contributed by atoms with van der Waals surface area (Å²) in [5.74, 6) is 2.14. The number of carbonyl (C=O) groups is 1. The van der Waals surface area contributed by atoms with Crippen molar-refractivity contribution in [1.82, 2.24) is 15.2 Å². The summed E-state index contributed by atoms with van der Waals surface area (Å²) >= 11 is 0. The Morgan fingerprint density at radius 2 is 1.84 bits per heavy atom. The smallest absolute Gasteiger partial charge is 0.236 e. The lowest BCUT2D eigenvalue weighted by atomic mass is 9.88. The van der Waals surface area contributed by atoms with Crippen LogP contribution in [0.4, 0.5) is 0 Å². The third-order valence-corrected chi connectivity index (χ3v) is 6.60. The summed E-state index contributed by atoms with van der Waals surface area (Å²) in [7, 11) is 3.31. The summed E-state index contributed by atoms with van der Waals surface area (Å²) in [6.07, 6.45) is 2.02. The molecule has 0 atom stereocenters. The number of ether oxygens (including phenoxy) is 2. The summed E-state index contributed by atoms with van der Waals surface area (Å²) in [6, 6.07) is 12.8. The fraction of sp³-hybridized carbons (Fsp3) is 0.423. The van der Waals surface area contributed by atoms with Crippen molar-refractivity contribution < 1.29 is 14.3 Å². The fourth-order valence-corrected chi connectivity index (χ4v) is 4.68. The monoisotopic (exact) mass is 435 g/mol. The number of hydrogen-bond acceptors (Lipinski definition) is 4. The molecule has 2 heterocycles. The number of rotatable bonds is 7. The minimum absolute atomic E-state index is 0.210. The van der Waals surface area contributed by atoms with Crippen molar-refractivity contribution in [3.63, 3.8) is 0 Å². The van der Waals surface area contributed by atoms with Crippen molar-refractivity contribution in [1.29, 1.82) is 0 Å². The molecule has 1 amide bonds. The molecular weight excluding hydrogens is 402 g/mol. The van der Waals surface area contributed by atoms with Gasteiger partial charge in [-0.05, 0) is 73.7 Å². The predicted octanol–water partition coefficient (Wildman–Crippen LogP) is 4.48. The van der Waals surface area contributed by atoms with Gasteiger partial charge >= 0.3 is 0 Å². The largest absolute Gasteiger partial charge is 0.493 e. The van der Waals surface area contributed by atoms with E-state index in [0.29, 0.717) is 12.5 Å². The van der Waals surface area contributed by atoms with Gasteiger partial charge in [-0.3, -0.25) is 4.79 Å². The van der Waals surface area contributed by atoms with Crippen LogP contribution in [-0.4, -0.2) is 56.2 Å². The van der Waals surface area contributed by atoms with E-state index in [1.54, 1.807) is 14.2 Å². The van der Waals surface area contributed by atoms with Crippen LogP contribution in [0.15, 0.2) is 36.4 Å². The Hall–Kier alpha value is -2.99. The molecule has 3 aromatic rings. The molecule has 0 unspecified atom stereocenters. The van der Waals surface area contributed by atoms with Crippen LogP contribution in [0.2, 0.25) is 0 Å². The van der Waals surface area contributed by atoms with Crippen molar-refractivity contribution >= 4 is 16.8 Å². The number of amides is 1. The number of likely N-dealkylation sites (tertiary alicyclic amines) is 1. The molecule has 4 rings (SSSR count). The van der Waals surface area contributed by atoms with Crippen molar-refractivity contribution in [3.8, 4) is 22.8 Å². The third-order valence-electron chi connectivity index (χ3n) is 6.60. The van der Waals surface area contributed by atoms with Crippen molar-refractivity contribution in [2.45, 2.75) is 32.6 Å². The molecule has 32 heavy (non-hydrogen) atoms. The summed E-state index contributed by atoms with van der Waals surface area (Å²) < 4.78 is 10.9. The van der Waals surface area contributed by atoms with E-state index in [4.69, 9.17) is 9.47 Å². The third kappa shape index (κ3) is 4.32. The maximum absolute atomic E-state index is 12.3. The molecule has 170 valence electrons. The van der Waals surface area contributed by atoms with Gasteiger partial charge in [-0.15, -0.1) is 0 Å². The molecular formula is C26H33N3O3. The van der Waals surface area contributed by atoms with Gasteiger partial charge in [0.15, 0.2) is 11.5 Å². The maximum atomic E-state index is 12.3. The van der Waals surface area contributed by atoms with E-state index in [1.807, 2.05) is 24.0 Å². The minimum Gasteiger partial charge on any atom is -0.493 e. The van der Waals surface area contributed by atoms with Crippen molar-refractivity contribution in [3.05, 3.63) is 47.5 Å². The average Bonchev–Trinajstić information content (AvgIpc) is 3.17. The number of nitrogens with one attached hydrogen (secondary N) is 2. The highest BCUT2D eigenvalue weighted by atomic mass is 16.5. The molecule has 2 aromatic carbocycles. The number of piperidine rings is 1. The van der Waals surface area contributed by atoms with Crippen LogP contribution in [0.25, 0.3) is 22.2 Å². The van der Waals surface area contributed by atoms with Crippen molar-refractivity contribution in [2.75, 3.05) is 40.4 Å². The van der Waals surface area contributed by atoms with Gasteiger partial charge in [-0.1, -0.05) is 13.0 Å². The minimum atomic E-state index is 0.210. The highest BCUT2D eigenvalue weighted by Crippen LogP contribution is 2.37. The quantitative estimate of drug-likeness (QED) is 0.574. The standard InChI is InChI=1S/C26H33N3O3/c1-5-27-16-25(30)29-12-10-18(11-13-29)19-6-8-22-21(14-19)17(2)26(28-22)20-7-9-23(31-3)24(15-20)32-4/h6-9,14-15,18,27-28H,5,10-13,16H2,1-4H3. The van der Waals surface area contributed by atoms with Crippen LogP contribution >= 0.6 is 0 Å². The van der Waals surface area contributed by atoms with E-state index in [2.05, 4.69) is 41.5 Å². The van der Waals surface area contributed by atoms with Crippen LogP contribution in [0.1, 0.15) is 36.8 Å². The fourth-order valence-electron chi connectivity index (χ4n) is 4.68. The molecule has 0 radical (unpaired) electrons. The maximum Gasteiger partial charge on any atom is 0.236 e. The molecule has 0 aliphatic carbocycles. The molecule has 1 aliphatic heterocycles. The first-order valence-electron chi connectivity index (χ1n) is 11.4. The van der Waals surface area contributed by atoms with Gasteiger partial charge in [0.05, 0.1) is 20.8 Å². The van der Waals surface area contributed by atoms with E-state index in [1.165, 1.54) is 16.5 Å². The number of methoxy groups -OCH3 is 2. The van der Waals surface area contributed by atoms with E-state index in [0.717, 1.165) is 60.7 Å². The number of aryl methyl sites for hydroxylation is 1. The van der Waals surface area contributed by atoms with E-state index >= 15 is 0 Å². The Labute approximate surface area is 189 Å². The van der Waals surface area contributed by atoms with Gasteiger partial charge in [0.1, 0.15) is 0 Å². The Balaban J connectivity index is 1.55. The average molecular weight is 436 g/mol. The highest BCUT2D eigenvalue weighted by Gasteiger charge is 2.24. The second-order valence-corrected chi connectivity index (χ2v) is 8.44. The van der Waals surface area contributed by atoms with Gasteiger partial charge in [0.25, 0.3) is 0 Å². The Bertz CT molecular complexity index is 1100. The summed E-state index contributed by atoms with van der Waals surface area (Å²) in [5.41, 5.74) is 5.89. The van der Waals surface area contributed by atoms with Gasteiger partial charge in [-0.25, -0.2) is 0 Å². The summed E-state index contributed by atoms with van der Waals surface area (Å²) in [5, 5.41) is 4.38. The topological polar surface area (TPSA) is 66.6 Å². The molecule has 1 fully saturated rings. The SMILES string of the molecule is CCNCC(=O)N1CCC(c2ccc3[nH]c(-c4ccc(OC)c(OC)c4)c(C)c3c2)CC1. The van der Waals surface area contributed by atoms with E-state index in [9.17, 15) is 4.79 Å². The second-order valence-electron chi connectivity index (χ2n) is 8.44. The first kappa shape index (κ1) is 22.2.